The molecule has 0 saturated carbocycles. The Balaban J connectivity index is 3.97. The molecule has 1 unspecified atom stereocenters. The Bertz CT molecular complexity index is 266. The summed E-state index contributed by atoms with van der Waals surface area (Å²) in [5, 5.41) is 20.4. The molecule has 2 amide bonds. The summed E-state index contributed by atoms with van der Waals surface area (Å²) in [6.45, 7) is 3.53. The van der Waals surface area contributed by atoms with Gasteiger partial charge < -0.3 is 20.4 Å². The van der Waals surface area contributed by atoms with Gasteiger partial charge in [-0.25, -0.2) is 9.59 Å². The molecule has 0 aliphatic carbocycles. The lowest BCUT2D eigenvalue weighted by Gasteiger charge is -2.22. The summed E-state index contributed by atoms with van der Waals surface area (Å²) in [5.74, 6) is -1.36. The van der Waals surface area contributed by atoms with Crippen LogP contribution in [-0.4, -0.2) is 52.9 Å². The number of hydrogen-bond acceptors (Lipinski definition) is 3. The molecule has 0 aliphatic rings. The highest BCUT2D eigenvalue weighted by molar-refractivity contribution is 5.79. The third-order valence-corrected chi connectivity index (χ3v) is 2.49. The van der Waals surface area contributed by atoms with Crippen molar-refractivity contribution in [3.63, 3.8) is 0 Å². The molecule has 0 heterocycles. The lowest BCUT2D eigenvalue weighted by molar-refractivity contribution is -0.155. The first-order chi connectivity index (χ1) is 7.81. The fourth-order valence-corrected chi connectivity index (χ4v) is 1.16. The van der Waals surface area contributed by atoms with E-state index in [-0.39, 0.29) is 12.6 Å². The minimum absolute atomic E-state index is 0.306. The van der Waals surface area contributed by atoms with Crippen LogP contribution in [-0.2, 0) is 4.79 Å². The van der Waals surface area contributed by atoms with Crippen LogP contribution in [0.25, 0.3) is 0 Å². The number of urea groups is 1. The molecule has 6 nitrogen and oxygen atoms in total. The molecule has 0 spiro atoms. The van der Waals surface area contributed by atoms with Crippen molar-refractivity contribution in [2.24, 2.45) is 0 Å². The highest BCUT2D eigenvalue weighted by Crippen LogP contribution is 2.02. The number of carbonyl (C=O) groups is 2. The van der Waals surface area contributed by atoms with E-state index in [9.17, 15) is 14.7 Å². The van der Waals surface area contributed by atoms with Crippen LogP contribution < -0.4 is 5.32 Å². The van der Waals surface area contributed by atoms with Gasteiger partial charge in [0.1, 0.15) is 0 Å². The van der Waals surface area contributed by atoms with E-state index in [1.165, 1.54) is 4.90 Å². The summed E-state index contributed by atoms with van der Waals surface area (Å²) in [7, 11) is 1.64. The topological polar surface area (TPSA) is 89.9 Å². The molecule has 100 valence electrons. The second-order valence-electron chi connectivity index (χ2n) is 4.37. The molecule has 3 N–H and O–H groups in total. The summed E-state index contributed by atoms with van der Waals surface area (Å²) in [6, 6.07) is -0.373. The number of unbranched alkanes of at least 4 members (excludes halogenated alkanes) is 2. The molecule has 0 saturated heterocycles. The van der Waals surface area contributed by atoms with Crippen molar-refractivity contribution in [1.82, 2.24) is 10.2 Å². The van der Waals surface area contributed by atoms with E-state index < -0.39 is 11.6 Å². The largest absolute Gasteiger partial charge is 0.479 e. The number of carboxylic acids is 1. The number of aliphatic carboxylic acids is 1. The van der Waals surface area contributed by atoms with Crippen LogP contribution in [0.3, 0.4) is 0 Å². The molecule has 0 aromatic heterocycles. The predicted molar refractivity (Wildman–Crippen MR) is 63.8 cm³/mol. The lowest BCUT2D eigenvalue weighted by Crippen LogP contribution is -2.49. The van der Waals surface area contributed by atoms with Gasteiger partial charge in [-0.15, -0.1) is 0 Å². The van der Waals surface area contributed by atoms with Crippen LogP contribution in [0.1, 0.15) is 33.1 Å². The van der Waals surface area contributed by atoms with Gasteiger partial charge in [0, 0.05) is 13.6 Å². The Morgan fingerprint density at radius 1 is 1.35 bits per heavy atom. The SMILES string of the molecule is CCCCCN(C)C(=O)NCC(C)(O)C(=O)O. The summed E-state index contributed by atoms with van der Waals surface area (Å²) in [6.07, 6.45) is 3.03. The van der Waals surface area contributed by atoms with Crippen LogP contribution in [0.5, 0.6) is 0 Å². The van der Waals surface area contributed by atoms with Crippen molar-refractivity contribution in [2.75, 3.05) is 20.1 Å². The molecular weight excluding hydrogens is 224 g/mol. The van der Waals surface area contributed by atoms with Crippen LogP contribution in [0.15, 0.2) is 0 Å². The standard InChI is InChI=1S/C11H22N2O4/c1-4-5-6-7-13(3)10(16)12-8-11(2,17)9(14)15/h17H,4-8H2,1-3H3,(H,12,16)(H,14,15). The Labute approximate surface area is 102 Å². The van der Waals surface area contributed by atoms with Crippen molar-refractivity contribution < 1.29 is 19.8 Å². The second kappa shape index (κ2) is 7.11. The van der Waals surface area contributed by atoms with Gasteiger partial charge in [-0.1, -0.05) is 19.8 Å². The third kappa shape index (κ3) is 6.11. The summed E-state index contributed by atoms with van der Waals surface area (Å²) >= 11 is 0. The fraction of sp³-hybridized carbons (Fsp3) is 0.818. The van der Waals surface area contributed by atoms with Crippen molar-refractivity contribution in [3.8, 4) is 0 Å². The van der Waals surface area contributed by atoms with E-state index in [0.29, 0.717) is 6.54 Å². The maximum Gasteiger partial charge on any atom is 0.337 e. The minimum Gasteiger partial charge on any atom is -0.479 e. The average molecular weight is 246 g/mol. The van der Waals surface area contributed by atoms with Crippen LogP contribution in [0.2, 0.25) is 0 Å². The first kappa shape index (κ1) is 15.7. The zero-order valence-electron chi connectivity index (χ0n) is 10.7. The summed E-state index contributed by atoms with van der Waals surface area (Å²) in [4.78, 5) is 23.6. The maximum atomic E-state index is 11.5. The highest BCUT2D eigenvalue weighted by atomic mass is 16.4. The predicted octanol–water partition coefficient (Wildman–Crippen LogP) is 0.654. The van der Waals surface area contributed by atoms with E-state index in [1.54, 1.807) is 7.05 Å². The van der Waals surface area contributed by atoms with Gasteiger partial charge >= 0.3 is 12.0 Å². The molecule has 0 fully saturated rings. The Morgan fingerprint density at radius 3 is 2.41 bits per heavy atom. The van der Waals surface area contributed by atoms with Crippen LogP contribution in [0.4, 0.5) is 4.79 Å². The third-order valence-electron chi connectivity index (χ3n) is 2.49. The van der Waals surface area contributed by atoms with E-state index in [0.717, 1.165) is 26.2 Å². The zero-order valence-corrected chi connectivity index (χ0v) is 10.7. The normalized spacial score (nSPS) is 13.9. The van der Waals surface area contributed by atoms with E-state index in [1.807, 2.05) is 0 Å². The summed E-state index contributed by atoms with van der Waals surface area (Å²) in [5.41, 5.74) is -1.93. The zero-order chi connectivity index (χ0) is 13.5. The number of carbonyl (C=O) groups excluding carboxylic acids is 1. The Morgan fingerprint density at radius 2 is 1.94 bits per heavy atom. The number of hydrogen-bond donors (Lipinski definition) is 3. The highest BCUT2D eigenvalue weighted by Gasteiger charge is 2.30. The number of rotatable bonds is 7. The van der Waals surface area contributed by atoms with Gasteiger partial charge in [0.05, 0.1) is 6.54 Å². The van der Waals surface area contributed by atoms with Gasteiger partial charge in [0.25, 0.3) is 0 Å². The molecule has 0 aromatic rings. The van der Waals surface area contributed by atoms with E-state index >= 15 is 0 Å². The molecule has 6 heteroatoms. The van der Waals surface area contributed by atoms with Crippen LogP contribution in [0, 0.1) is 0 Å². The van der Waals surface area contributed by atoms with Crippen molar-refractivity contribution in [1.29, 1.82) is 0 Å². The van der Waals surface area contributed by atoms with Gasteiger partial charge in [0.2, 0.25) is 0 Å². The lowest BCUT2D eigenvalue weighted by atomic mass is 10.1. The number of amides is 2. The monoisotopic (exact) mass is 246 g/mol. The molecule has 0 rings (SSSR count). The number of carboxylic acid groups (broad SMARTS) is 1. The molecular formula is C11H22N2O4. The van der Waals surface area contributed by atoms with E-state index in [2.05, 4.69) is 12.2 Å². The van der Waals surface area contributed by atoms with E-state index in [4.69, 9.17) is 5.11 Å². The maximum absolute atomic E-state index is 11.5. The van der Waals surface area contributed by atoms with Crippen molar-refractivity contribution in [2.45, 2.75) is 38.7 Å². The molecule has 0 bridgehead atoms. The van der Waals surface area contributed by atoms with Gasteiger partial charge in [-0.2, -0.15) is 0 Å². The Kier molecular flexibility index (Phi) is 6.57. The quantitative estimate of drug-likeness (QED) is 0.575. The number of aliphatic hydroxyl groups is 1. The van der Waals surface area contributed by atoms with Crippen molar-refractivity contribution in [3.05, 3.63) is 0 Å². The average Bonchev–Trinajstić information content (AvgIpc) is 2.26. The smallest absolute Gasteiger partial charge is 0.337 e. The Hall–Kier alpha value is -1.30. The molecule has 0 aliphatic heterocycles. The van der Waals surface area contributed by atoms with Gasteiger partial charge in [-0.3, -0.25) is 0 Å². The van der Waals surface area contributed by atoms with Crippen LogP contribution >= 0.6 is 0 Å². The minimum atomic E-state index is -1.93. The first-order valence-corrected chi connectivity index (χ1v) is 5.76. The number of nitrogens with zero attached hydrogens (tertiary/aromatic N) is 1. The second-order valence-corrected chi connectivity index (χ2v) is 4.37. The van der Waals surface area contributed by atoms with Gasteiger partial charge in [0.15, 0.2) is 5.60 Å². The molecule has 17 heavy (non-hydrogen) atoms. The molecule has 0 radical (unpaired) electrons. The van der Waals surface area contributed by atoms with Crippen molar-refractivity contribution >= 4 is 12.0 Å². The summed E-state index contributed by atoms with van der Waals surface area (Å²) < 4.78 is 0. The first-order valence-electron chi connectivity index (χ1n) is 5.76. The van der Waals surface area contributed by atoms with Gasteiger partial charge in [-0.05, 0) is 13.3 Å². The fourth-order valence-electron chi connectivity index (χ4n) is 1.16. The number of nitrogens with one attached hydrogen (secondary N) is 1. The molecule has 0 aromatic carbocycles. The molecule has 1 atom stereocenters.